The molecule has 1 aromatic heterocycles. The van der Waals surface area contributed by atoms with Gasteiger partial charge in [0.05, 0.1) is 13.2 Å². The number of hydrogen-bond acceptors (Lipinski definition) is 4. The molecule has 80 valence electrons. The highest BCUT2D eigenvalue weighted by atomic mass is 16.7. The molecule has 1 saturated heterocycles. The highest BCUT2D eigenvalue weighted by Crippen LogP contribution is 2.34. The van der Waals surface area contributed by atoms with Crippen molar-refractivity contribution in [3.05, 3.63) is 23.4 Å². The van der Waals surface area contributed by atoms with Crippen molar-refractivity contribution in [2.24, 2.45) is 0 Å². The molecule has 0 bridgehead atoms. The van der Waals surface area contributed by atoms with Crippen LogP contribution in [0.4, 0.5) is 0 Å². The molecule has 2 heterocycles. The summed E-state index contributed by atoms with van der Waals surface area (Å²) in [7, 11) is 0. The summed E-state index contributed by atoms with van der Waals surface area (Å²) in [6.07, 6.45) is 2.38. The largest absolute Gasteiger partial charge is 0.493 e. The van der Waals surface area contributed by atoms with E-state index < -0.39 is 5.79 Å². The van der Waals surface area contributed by atoms with Gasteiger partial charge in [0, 0.05) is 24.6 Å². The summed E-state index contributed by atoms with van der Waals surface area (Å²) in [5.74, 6) is -0.316. The predicted molar refractivity (Wildman–Crippen MR) is 52.6 cm³/mol. The van der Waals surface area contributed by atoms with Crippen molar-refractivity contribution in [2.75, 3.05) is 13.2 Å². The van der Waals surface area contributed by atoms with Crippen molar-refractivity contribution in [2.45, 2.75) is 25.0 Å². The normalized spacial score (nSPS) is 22.9. The van der Waals surface area contributed by atoms with Gasteiger partial charge in [-0.15, -0.1) is 0 Å². The van der Waals surface area contributed by atoms with E-state index in [1.807, 2.05) is 6.07 Å². The lowest BCUT2D eigenvalue weighted by Crippen LogP contribution is -2.37. The van der Waals surface area contributed by atoms with Crippen LogP contribution in [-0.4, -0.2) is 29.1 Å². The maximum Gasteiger partial charge on any atom is 0.210 e. The van der Waals surface area contributed by atoms with Gasteiger partial charge in [-0.2, -0.15) is 0 Å². The minimum Gasteiger partial charge on any atom is -0.493 e. The zero-order valence-electron chi connectivity index (χ0n) is 8.40. The number of pyridine rings is 1. The Morgan fingerprint density at radius 1 is 1.27 bits per heavy atom. The van der Waals surface area contributed by atoms with Gasteiger partial charge in [0.25, 0.3) is 0 Å². The van der Waals surface area contributed by atoms with E-state index >= 15 is 0 Å². The van der Waals surface area contributed by atoms with Crippen molar-refractivity contribution in [3.8, 4) is 5.88 Å². The van der Waals surface area contributed by atoms with Gasteiger partial charge in [-0.3, -0.25) is 0 Å². The Kier molecular flexibility index (Phi) is 1.94. The molecule has 4 nitrogen and oxygen atoms in total. The van der Waals surface area contributed by atoms with Crippen LogP contribution in [0.1, 0.15) is 17.7 Å². The molecule has 1 N–H and O–H groups in total. The fraction of sp³-hybridized carbons (Fsp3) is 0.545. The highest BCUT2D eigenvalue weighted by molar-refractivity contribution is 5.29. The third-order valence-corrected chi connectivity index (χ3v) is 3.07. The Labute approximate surface area is 87.9 Å². The molecule has 0 aromatic carbocycles. The first-order valence-electron chi connectivity index (χ1n) is 5.23. The Bertz CT molecular complexity index is 385. The van der Waals surface area contributed by atoms with Gasteiger partial charge in [-0.1, -0.05) is 6.07 Å². The quantitative estimate of drug-likeness (QED) is 0.690. The van der Waals surface area contributed by atoms with Crippen LogP contribution < -0.4 is 0 Å². The third-order valence-electron chi connectivity index (χ3n) is 3.07. The molecule has 0 saturated carbocycles. The second kappa shape index (κ2) is 3.18. The lowest BCUT2D eigenvalue weighted by atomic mass is 9.91. The summed E-state index contributed by atoms with van der Waals surface area (Å²) in [6, 6.07) is 3.52. The zero-order valence-corrected chi connectivity index (χ0v) is 8.40. The van der Waals surface area contributed by atoms with Gasteiger partial charge in [0.1, 0.15) is 0 Å². The molecule has 1 aliphatic carbocycles. The fourth-order valence-electron chi connectivity index (χ4n) is 2.33. The molecule has 4 heteroatoms. The maximum absolute atomic E-state index is 9.27. The molecule has 0 atom stereocenters. The lowest BCUT2D eigenvalue weighted by molar-refractivity contribution is -0.164. The first-order valence-corrected chi connectivity index (χ1v) is 5.23. The third kappa shape index (κ3) is 1.50. The number of nitrogens with zero attached hydrogens (tertiary/aromatic N) is 1. The molecule has 0 radical (unpaired) electrons. The van der Waals surface area contributed by atoms with Crippen molar-refractivity contribution >= 4 is 0 Å². The Morgan fingerprint density at radius 2 is 2.07 bits per heavy atom. The van der Waals surface area contributed by atoms with Gasteiger partial charge in [0.2, 0.25) is 5.88 Å². The van der Waals surface area contributed by atoms with Crippen LogP contribution in [0.25, 0.3) is 0 Å². The van der Waals surface area contributed by atoms with E-state index in [0.29, 0.717) is 13.2 Å². The number of aryl methyl sites for hydroxylation is 1. The van der Waals surface area contributed by atoms with Gasteiger partial charge in [0.15, 0.2) is 5.79 Å². The molecule has 1 aromatic rings. The predicted octanol–water partition coefficient (Wildman–Crippen LogP) is 1.02. The number of hydrogen-bond donors (Lipinski definition) is 1. The minimum atomic E-state index is -0.411. The first kappa shape index (κ1) is 9.12. The molecular formula is C11H13NO3. The molecule has 3 rings (SSSR count). The van der Waals surface area contributed by atoms with E-state index in [2.05, 4.69) is 4.98 Å². The second-order valence-electron chi connectivity index (χ2n) is 4.06. The van der Waals surface area contributed by atoms with Crippen LogP contribution in [0.15, 0.2) is 12.1 Å². The first-order chi connectivity index (χ1) is 7.27. The van der Waals surface area contributed by atoms with E-state index in [9.17, 15) is 5.11 Å². The van der Waals surface area contributed by atoms with Crippen LogP contribution in [0.2, 0.25) is 0 Å². The summed E-state index contributed by atoms with van der Waals surface area (Å²) in [5.41, 5.74) is 2.10. The SMILES string of the molecule is Oc1ccc2c(n1)CCC1(C2)OCCO1. The van der Waals surface area contributed by atoms with E-state index in [1.54, 1.807) is 6.07 Å². The Hall–Kier alpha value is -1.13. The number of aromatic hydroxyl groups is 1. The van der Waals surface area contributed by atoms with Crippen molar-refractivity contribution in [1.82, 2.24) is 4.98 Å². The number of fused-ring (bicyclic) bond motifs is 1. The smallest absolute Gasteiger partial charge is 0.210 e. The Balaban J connectivity index is 1.93. The minimum absolute atomic E-state index is 0.0953. The molecule has 0 unspecified atom stereocenters. The van der Waals surface area contributed by atoms with Crippen LogP contribution in [0.5, 0.6) is 5.88 Å². The summed E-state index contributed by atoms with van der Waals surface area (Å²) in [4.78, 5) is 4.11. The molecule has 1 aliphatic heterocycles. The van der Waals surface area contributed by atoms with Gasteiger partial charge >= 0.3 is 0 Å². The maximum atomic E-state index is 9.27. The van der Waals surface area contributed by atoms with Crippen LogP contribution in [0, 0.1) is 0 Å². The molecular weight excluding hydrogens is 194 g/mol. The van der Waals surface area contributed by atoms with Crippen molar-refractivity contribution in [3.63, 3.8) is 0 Å². The molecule has 2 aliphatic rings. The summed E-state index contributed by atoms with van der Waals surface area (Å²) in [6.45, 7) is 1.36. The average molecular weight is 207 g/mol. The number of ether oxygens (including phenoxy) is 2. The lowest BCUT2D eigenvalue weighted by Gasteiger charge is -2.32. The summed E-state index contributed by atoms with van der Waals surface area (Å²) >= 11 is 0. The molecule has 1 fully saturated rings. The van der Waals surface area contributed by atoms with Crippen molar-refractivity contribution in [1.29, 1.82) is 0 Å². The van der Waals surface area contributed by atoms with E-state index in [0.717, 1.165) is 30.5 Å². The van der Waals surface area contributed by atoms with Crippen LogP contribution in [-0.2, 0) is 22.3 Å². The molecule has 0 amide bonds. The summed E-state index contributed by atoms with van der Waals surface area (Å²) in [5, 5.41) is 9.27. The fourth-order valence-corrected chi connectivity index (χ4v) is 2.33. The van der Waals surface area contributed by atoms with Crippen LogP contribution >= 0.6 is 0 Å². The second-order valence-corrected chi connectivity index (χ2v) is 4.06. The van der Waals surface area contributed by atoms with Crippen LogP contribution in [0.3, 0.4) is 0 Å². The van der Waals surface area contributed by atoms with E-state index in [1.165, 1.54) is 0 Å². The van der Waals surface area contributed by atoms with E-state index in [-0.39, 0.29) is 5.88 Å². The van der Waals surface area contributed by atoms with Gasteiger partial charge in [-0.05, 0) is 12.0 Å². The van der Waals surface area contributed by atoms with Gasteiger partial charge in [-0.25, -0.2) is 4.98 Å². The standard InChI is InChI=1S/C11H13NO3/c13-10-2-1-8-7-11(14-5-6-15-11)4-3-9(8)12-10/h1-2H,3-7H2,(H,12,13). The summed E-state index contributed by atoms with van der Waals surface area (Å²) < 4.78 is 11.3. The molecule has 1 spiro atoms. The number of rotatable bonds is 0. The topological polar surface area (TPSA) is 51.6 Å². The number of aromatic nitrogens is 1. The highest BCUT2D eigenvalue weighted by Gasteiger charge is 2.40. The zero-order chi connectivity index (χ0) is 10.3. The van der Waals surface area contributed by atoms with Gasteiger partial charge < -0.3 is 14.6 Å². The van der Waals surface area contributed by atoms with E-state index in [4.69, 9.17) is 9.47 Å². The van der Waals surface area contributed by atoms with Crippen molar-refractivity contribution < 1.29 is 14.6 Å². The monoisotopic (exact) mass is 207 g/mol. The average Bonchev–Trinajstić information content (AvgIpc) is 2.67. The Morgan fingerprint density at radius 3 is 2.87 bits per heavy atom. The molecule has 15 heavy (non-hydrogen) atoms.